The Morgan fingerprint density at radius 2 is 1.87 bits per heavy atom. The van der Waals surface area contributed by atoms with E-state index < -0.39 is 21.8 Å². The van der Waals surface area contributed by atoms with Crippen LogP contribution in [0.4, 0.5) is 19.0 Å². The Morgan fingerprint density at radius 1 is 1.19 bits per heavy atom. The molecule has 0 saturated heterocycles. The first-order valence-electron chi connectivity index (χ1n) is 8.91. The first-order valence-corrected chi connectivity index (χ1v) is 10.8. The van der Waals surface area contributed by atoms with E-state index >= 15 is 0 Å². The van der Waals surface area contributed by atoms with Gasteiger partial charge in [0.05, 0.1) is 26.7 Å². The van der Waals surface area contributed by atoms with Crippen LogP contribution in [0.1, 0.15) is 18.2 Å². The number of hydrogen-bond acceptors (Lipinski definition) is 3. The van der Waals surface area contributed by atoms with E-state index in [2.05, 4.69) is 16.4 Å². The molecule has 3 aromatic rings. The molecular weight excluding hydrogens is 451 g/mol. The lowest BCUT2D eigenvalue weighted by atomic mass is 10.1. The van der Waals surface area contributed by atoms with Crippen LogP contribution in [-0.2, 0) is 16.2 Å². The van der Waals surface area contributed by atoms with Crippen LogP contribution in [0.25, 0.3) is 11.1 Å². The van der Waals surface area contributed by atoms with Crippen molar-refractivity contribution in [1.82, 2.24) is 9.61 Å². The minimum Gasteiger partial charge on any atom is -0.263 e. The van der Waals surface area contributed by atoms with Crippen LogP contribution in [0.5, 0.6) is 0 Å². The van der Waals surface area contributed by atoms with Crippen molar-refractivity contribution in [2.75, 3.05) is 4.72 Å². The third-order valence-electron chi connectivity index (χ3n) is 4.32. The summed E-state index contributed by atoms with van der Waals surface area (Å²) in [5.74, 6) is 0.0775. The van der Waals surface area contributed by atoms with Crippen molar-refractivity contribution in [3.8, 4) is 0 Å². The van der Waals surface area contributed by atoms with E-state index in [0.29, 0.717) is 28.4 Å². The van der Waals surface area contributed by atoms with Gasteiger partial charge in [0.1, 0.15) is 5.82 Å². The minimum absolute atomic E-state index is 0.0775. The SMILES string of the molecule is C=C/C=C\C(=C/C)c1cc2c(Cl)ccc(NS(=O)(=O)c3ccc(C(F)(F)F)cc3)n2n1. The third-order valence-corrected chi connectivity index (χ3v) is 6.01. The van der Waals surface area contributed by atoms with E-state index in [4.69, 9.17) is 11.6 Å². The Kier molecular flexibility index (Phi) is 6.28. The fourth-order valence-corrected chi connectivity index (χ4v) is 4.02. The molecule has 0 amide bonds. The monoisotopic (exact) mass is 467 g/mol. The van der Waals surface area contributed by atoms with Gasteiger partial charge in [0.2, 0.25) is 0 Å². The molecule has 1 aromatic carbocycles. The molecule has 0 aliphatic carbocycles. The molecule has 0 atom stereocenters. The van der Waals surface area contributed by atoms with Crippen molar-refractivity contribution in [2.24, 2.45) is 0 Å². The van der Waals surface area contributed by atoms with Gasteiger partial charge in [0, 0.05) is 0 Å². The van der Waals surface area contributed by atoms with Crippen LogP contribution in [0, 0.1) is 0 Å². The number of benzene rings is 1. The number of fused-ring (bicyclic) bond motifs is 1. The highest BCUT2D eigenvalue weighted by molar-refractivity contribution is 7.92. The van der Waals surface area contributed by atoms with Crippen molar-refractivity contribution in [2.45, 2.75) is 18.0 Å². The highest BCUT2D eigenvalue weighted by Crippen LogP contribution is 2.31. The van der Waals surface area contributed by atoms with Gasteiger partial charge < -0.3 is 0 Å². The summed E-state index contributed by atoms with van der Waals surface area (Å²) in [5.41, 5.74) is 0.819. The molecule has 0 aliphatic rings. The molecule has 0 spiro atoms. The molecule has 0 unspecified atom stereocenters. The van der Waals surface area contributed by atoms with E-state index in [9.17, 15) is 21.6 Å². The number of allylic oxidation sites excluding steroid dienone is 5. The van der Waals surface area contributed by atoms with Gasteiger partial charge in [-0.1, -0.05) is 42.5 Å². The lowest BCUT2D eigenvalue weighted by Gasteiger charge is -2.11. The predicted molar refractivity (Wildman–Crippen MR) is 115 cm³/mol. The number of nitrogens with one attached hydrogen (secondary N) is 1. The first kappa shape index (κ1) is 22.6. The van der Waals surface area contributed by atoms with Crippen LogP contribution in [0.3, 0.4) is 0 Å². The van der Waals surface area contributed by atoms with Crippen LogP contribution in [0.15, 0.2) is 78.2 Å². The lowest BCUT2D eigenvalue weighted by molar-refractivity contribution is -0.137. The van der Waals surface area contributed by atoms with E-state index in [1.54, 1.807) is 24.3 Å². The standard InChI is InChI=1S/C21H17ClF3N3O2S/c1-3-5-6-14(4-2)18-13-19-17(22)11-12-20(28(19)26-18)27-31(29,30)16-9-7-15(8-10-16)21(23,24)25/h3-13,27H,1H2,2H3/b6-5-,14-4+. The normalized spacial score (nSPS) is 13.1. The maximum atomic E-state index is 12.7. The molecule has 0 bridgehead atoms. The topological polar surface area (TPSA) is 63.5 Å². The van der Waals surface area contributed by atoms with E-state index in [1.165, 1.54) is 16.6 Å². The summed E-state index contributed by atoms with van der Waals surface area (Å²) in [5, 5.41) is 4.77. The Balaban J connectivity index is 2.02. The molecule has 5 nitrogen and oxygen atoms in total. The van der Waals surface area contributed by atoms with Crippen LogP contribution in [0.2, 0.25) is 5.02 Å². The van der Waals surface area contributed by atoms with Crippen LogP contribution in [-0.4, -0.2) is 18.0 Å². The zero-order valence-electron chi connectivity index (χ0n) is 16.2. The van der Waals surface area contributed by atoms with E-state index in [0.717, 1.165) is 17.7 Å². The number of hydrogen-bond donors (Lipinski definition) is 1. The number of pyridine rings is 1. The molecule has 2 aromatic heterocycles. The van der Waals surface area contributed by atoms with Gasteiger partial charge in [-0.2, -0.15) is 18.3 Å². The van der Waals surface area contributed by atoms with Crippen LogP contribution < -0.4 is 4.72 Å². The molecule has 31 heavy (non-hydrogen) atoms. The summed E-state index contributed by atoms with van der Waals surface area (Å²) in [4.78, 5) is -0.320. The van der Waals surface area contributed by atoms with Gasteiger partial charge >= 0.3 is 6.18 Å². The summed E-state index contributed by atoms with van der Waals surface area (Å²) in [7, 11) is -4.17. The Labute approximate surface area is 182 Å². The van der Waals surface area contributed by atoms with Crippen molar-refractivity contribution >= 4 is 38.5 Å². The predicted octanol–water partition coefficient (Wildman–Crippen LogP) is 5.95. The maximum Gasteiger partial charge on any atom is 0.416 e. The average Bonchev–Trinajstić information content (AvgIpc) is 3.16. The number of halogens is 4. The molecule has 0 saturated carbocycles. The highest BCUT2D eigenvalue weighted by atomic mass is 35.5. The Morgan fingerprint density at radius 3 is 2.45 bits per heavy atom. The highest BCUT2D eigenvalue weighted by Gasteiger charge is 2.30. The first-order chi connectivity index (χ1) is 14.6. The lowest BCUT2D eigenvalue weighted by Crippen LogP contribution is -2.16. The van der Waals surface area contributed by atoms with Gasteiger partial charge in [-0.05, 0) is 55.0 Å². The molecule has 0 radical (unpaired) electrons. The molecule has 0 fully saturated rings. The molecule has 162 valence electrons. The maximum absolute atomic E-state index is 12.7. The Hall–Kier alpha value is -3.04. The minimum atomic E-state index is -4.56. The number of sulfonamides is 1. The van der Waals surface area contributed by atoms with Crippen molar-refractivity contribution in [1.29, 1.82) is 0 Å². The molecule has 10 heteroatoms. The number of nitrogens with zero attached hydrogens (tertiary/aromatic N) is 2. The summed E-state index contributed by atoms with van der Waals surface area (Å²) in [6.45, 7) is 5.44. The smallest absolute Gasteiger partial charge is 0.263 e. The zero-order valence-corrected chi connectivity index (χ0v) is 17.8. The molecular formula is C21H17ClF3N3O2S. The molecule has 1 N–H and O–H groups in total. The molecule has 0 aliphatic heterocycles. The molecule has 2 heterocycles. The molecule has 3 rings (SSSR count). The summed E-state index contributed by atoms with van der Waals surface area (Å²) in [6, 6.07) is 7.83. The van der Waals surface area contributed by atoms with E-state index in [-0.39, 0.29) is 10.7 Å². The number of anilines is 1. The van der Waals surface area contributed by atoms with Crippen molar-refractivity contribution < 1.29 is 21.6 Å². The third kappa shape index (κ3) is 4.83. The number of rotatable bonds is 6. The van der Waals surface area contributed by atoms with Gasteiger partial charge in [-0.25, -0.2) is 12.9 Å². The van der Waals surface area contributed by atoms with Gasteiger partial charge in [-0.15, -0.1) is 0 Å². The number of alkyl halides is 3. The fourth-order valence-electron chi connectivity index (χ4n) is 2.78. The summed E-state index contributed by atoms with van der Waals surface area (Å²) in [6.07, 6.45) is 2.38. The van der Waals surface area contributed by atoms with Gasteiger partial charge in [-0.3, -0.25) is 4.72 Å². The van der Waals surface area contributed by atoms with Gasteiger partial charge in [0.15, 0.2) is 0 Å². The zero-order chi connectivity index (χ0) is 22.8. The average molecular weight is 468 g/mol. The largest absolute Gasteiger partial charge is 0.416 e. The Bertz CT molecular complexity index is 1290. The summed E-state index contributed by atoms with van der Waals surface area (Å²) >= 11 is 6.24. The fraction of sp³-hybridized carbons (Fsp3) is 0.0952. The van der Waals surface area contributed by atoms with E-state index in [1.807, 2.05) is 13.0 Å². The van der Waals surface area contributed by atoms with Gasteiger partial charge in [0.25, 0.3) is 10.0 Å². The quantitative estimate of drug-likeness (QED) is 0.455. The van der Waals surface area contributed by atoms with Crippen molar-refractivity contribution in [3.05, 3.63) is 89.6 Å². The number of aromatic nitrogens is 2. The second-order valence-electron chi connectivity index (χ2n) is 6.36. The second kappa shape index (κ2) is 8.60. The second-order valence-corrected chi connectivity index (χ2v) is 8.45. The van der Waals surface area contributed by atoms with Crippen molar-refractivity contribution in [3.63, 3.8) is 0 Å². The van der Waals surface area contributed by atoms with Crippen LogP contribution >= 0.6 is 11.6 Å². The summed E-state index contributed by atoms with van der Waals surface area (Å²) < 4.78 is 67.4.